The van der Waals surface area contributed by atoms with Gasteiger partial charge in [0.25, 0.3) is 0 Å². The molecular formula is C13H20N2S. The first kappa shape index (κ1) is 10.7. The number of thiazole rings is 1. The fraction of sp³-hybridized carbons (Fsp3) is 0.769. The largest absolute Gasteiger partial charge is 0.307 e. The van der Waals surface area contributed by atoms with Gasteiger partial charge in [-0.2, -0.15) is 0 Å². The molecule has 2 fully saturated rings. The Hall–Kier alpha value is -0.410. The van der Waals surface area contributed by atoms with Crippen molar-refractivity contribution < 1.29 is 0 Å². The third kappa shape index (κ3) is 2.30. The van der Waals surface area contributed by atoms with Gasteiger partial charge in [0.1, 0.15) is 0 Å². The van der Waals surface area contributed by atoms with Crippen LogP contribution in [0.15, 0.2) is 6.20 Å². The van der Waals surface area contributed by atoms with Crippen molar-refractivity contribution in [2.24, 2.45) is 0 Å². The molecule has 2 aliphatic carbocycles. The Morgan fingerprint density at radius 2 is 2.19 bits per heavy atom. The Morgan fingerprint density at radius 3 is 2.88 bits per heavy atom. The first-order valence-corrected chi connectivity index (χ1v) is 7.26. The summed E-state index contributed by atoms with van der Waals surface area (Å²) in [4.78, 5) is 5.94. The summed E-state index contributed by atoms with van der Waals surface area (Å²) < 4.78 is 0. The normalized spacial score (nSPS) is 23.8. The second-order valence-electron chi connectivity index (χ2n) is 5.56. The Morgan fingerprint density at radius 1 is 1.44 bits per heavy atom. The van der Waals surface area contributed by atoms with Crippen LogP contribution in [0.4, 0.5) is 0 Å². The molecule has 0 aliphatic heterocycles. The summed E-state index contributed by atoms with van der Waals surface area (Å²) in [5.41, 5.74) is 0.393. The molecule has 1 aromatic rings. The van der Waals surface area contributed by atoms with Crippen LogP contribution in [0.2, 0.25) is 0 Å². The molecule has 0 amide bonds. The number of nitrogens with one attached hydrogen (secondary N) is 1. The second kappa shape index (κ2) is 4.11. The monoisotopic (exact) mass is 236 g/mol. The zero-order valence-corrected chi connectivity index (χ0v) is 10.8. The predicted octanol–water partition coefficient (Wildman–Crippen LogP) is 3.44. The highest BCUT2D eigenvalue weighted by Crippen LogP contribution is 2.41. The van der Waals surface area contributed by atoms with Gasteiger partial charge in [0.15, 0.2) is 0 Å². The summed E-state index contributed by atoms with van der Waals surface area (Å²) in [6.07, 6.45) is 10.2. The van der Waals surface area contributed by atoms with E-state index in [4.69, 9.17) is 0 Å². The minimum Gasteiger partial charge on any atom is -0.307 e. The van der Waals surface area contributed by atoms with E-state index < -0.39 is 0 Å². The van der Waals surface area contributed by atoms with E-state index in [9.17, 15) is 0 Å². The summed E-state index contributed by atoms with van der Waals surface area (Å²) in [6.45, 7) is 3.38. The quantitative estimate of drug-likeness (QED) is 0.866. The van der Waals surface area contributed by atoms with Crippen molar-refractivity contribution in [3.05, 3.63) is 16.1 Å². The van der Waals surface area contributed by atoms with Gasteiger partial charge >= 0.3 is 0 Å². The zero-order valence-electron chi connectivity index (χ0n) is 9.96. The van der Waals surface area contributed by atoms with Gasteiger partial charge in [-0.15, -0.1) is 11.3 Å². The van der Waals surface area contributed by atoms with E-state index in [0.29, 0.717) is 5.54 Å². The van der Waals surface area contributed by atoms with Gasteiger partial charge < -0.3 is 5.32 Å². The Bertz CT molecular complexity index is 362. The summed E-state index contributed by atoms with van der Waals surface area (Å²) in [6, 6.07) is 0. The molecule has 1 N–H and O–H groups in total. The maximum absolute atomic E-state index is 4.52. The van der Waals surface area contributed by atoms with E-state index in [1.165, 1.54) is 48.4 Å². The van der Waals surface area contributed by atoms with Gasteiger partial charge in [0, 0.05) is 29.1 Å². The SMILES string of the molecule is CC1(NCc2cnc(C3CC3)s2)CCCC1. The summed E-state index contributed by atoms with van der Waals surface area (Å²) in [5, 5.41) is 5.09. The van der Waals surface area contributed by atoms with E-state index >= 15 is 0 Å². The van der Waals surface area contributed by atoms with E-state index in [1.54, 1.807) is 0 Å². The van der Waals surface area contributed by atoms with E-state index in [-0.39, 0.29) is 0 Å². The van der Waals surface area contributed by atoms with Crippen molar-refractivity contribution in [1.29, 1.82) is 0 Å². The molecule has 1 aromatic heterocycles. The molecule has 0 bridgehead atoms. The number of hydrogen-bond donors (Lipinski definition) is 1. The van der Waals surface area contributed by atoms with Gasteiger partial charge in [0.05, 0.1) is 5.01 Å². The van der Waals surface area contributed by atoms with E-state index in [0.717, 1.165) is 12.5 Å². The van der Waals surface area contributed by atoms with Gasteiger partial charge in [-0.1, -0.05) is 12.8 Å². The standard InChI is InChI=1S/C13H20N2S/c1-13(6-2-3-7-13)15-9-11-8-14-12(16-11)10-4-5-10/h8,10,15H,2-7,9H2,1H3. The molecule has 0 radical (unpaired) electrons. The van der Waals surface area contributed by atoms with Crippen LogP contribution in [-0.2, 0) is 6.54 Å². The third-order valence-corrected chi connectivity index (χ3v) is 5.05. The highest BCUT2D eigenvalue weighted by Gasteiger charge is 2.29. The highest BCUT2D eigenvalue weighted by atomic mass is 32.1. The van der Waals surface area contributed by atoms with Crippen molar-refractivity contribution in [1.82, 2.24) is 10.3 Å². The van der Waals surface area contributed by atoms with E-state index in [2.05, 4.69) is 23.4 Å². The lowest BCUT2D eigenvalue weighted by molar-refractivity contribution is 0.364. The van der Waals surface area contributed by atoms with Gasteiger partial charge in [0.2, 0.25) is 0 Å². The van der Waals surface area contributed by atoms with Crippen LogP contribution < -0.4 is 5.32 Å². The molecule has 2 saturated carbocycles. The maximum Gasteiger partial charge on any atom is 0.0959 e. The van der Waals surface area contributed by atoms with Gasteiger partial charge in [-0.05, 0) is 32.6 Å². The second-order valence-corrected chi connectivity index (χ2v) is 6.71. The Balaban J connectivity index is 1.56. The Kier molecular flexibility index (Phi) is 2.76. The molecule has 3 heteroatoms. The molecule has 0 unspecified atom stereocenters. The minimum atomic E-state index is 0.393. The van der Waals surface area contributed by atoms with Crippen molar-refractivity contribution in [3.8, 4) is 0 Å². The molecule has 3 rings (SSSR count). The molecule has 2 aliphatic rings. The predicted molar refractivity (Wildman–Crippen MR) is 67.8 cm³/mol. The molecule has 0 saturated heterocycles. The lowest BCUT2D eigenvalue weighted by Crippen LogP contribution is -2.38. The average Bonchev–Trinajstić information content (AvgIpc) is 2.87. The lowest BCUT2D eigenvalue weighted by Gasteiger charge is -2.24. The fourth-order valence-electron chi connectivity index (χ4n) is 2.56. The molecule has 2 nitrogen and oxygen atoms in total. The molecular weight excluding hydrogens is 216 g/mol. The van der Waals surface area contributed by atoms with Crippen LogP contribution in [0, 0.1) is 0 Å². The average molecular weight is 236 g/mol. The molecule has 16 heavy (non-hydrogen) atoms. The fourth-order valence-corrected chi connectivity index (χ4v) is 3.58. The Labute approximate surface area is 101 Å². The third-order valence-electron chi connectivity index (χ3n) is 3.89. The summed E-state index contributed by atoms with van der Waals surface area (Å²) in [5.74, 6) is 0.806. The molecule has 1 heterocycles. The number of aromatic nitrogens is 1. The van der Waals surface area contributed by atoms with Crippen molar-refractivity contribution in [2.45, 2.75) is 63.5 Å². The van der Waals surface area contributed by atoms with Crippen LogP contribution >= 0.6 is 11.3 Å². The summed E-state index contributed by atoms with van der Waals surface area (Å²) >= 11 is 1.91. The highest BCUT2D eigenvalue weighted by molar-refractivity contribution is 7.11. The number of nitrogens with zero attached hydrogens (tertiary/aromatic N) is 1. The van der Waals surface area contributed by atoms with E-state index in [1.807, 2.05) is 11.3 Å². The minimum absolute atomic E-state index is 0.393. The van der Waals surface area contributed by atoms with Crippen LogP contribution in [-0.4, -0.2) is 10.5 Å². The number of hydrogen-bond acceptors (Lipinski definition) is 3. The van der Waals surface area contributed by atoms with Crippen LogP contribution in [0.5, 0.6) is 0 Å². The van der Waals surface area contributed by atoms with Crippen LogP contribution in [0.1, 0.15) is 61.3 Å². The molecule has 0 aromatic carbocycles. The maximum atomic E-state index is 4.52. The molecule has 0 spiro atoms. The first-order chi connectivity index (χ1) is 7.75. The van der Waals surface area contributed by atoms with Crippen LogP contribution in [0.25, 0.3) is 0 Å². The van der Waals surface area contributed by atoms with Gasteiger partial charge in [-0.3, -0.25) is 0 Å². The molecule has 88 valence electrons. The lowest BCUT2D eigenvalue weighted by atomic mass is 10.0. The van der Waals surface area contributed by atoms with Crippen LogP contribution in [0.3, 0.4) is 0 Å². The molecule has 0 atom stereocenters. The van der Waals surface area contributed by atoms with Gasteiger partial charge in [-0.25, -0.2) is 4.98 Å². The van der Waals surface area contributed by atoms with Crippen molar-refractivity contribution >= 4 is 11.3 Å². The topological polar surface area (TPSA) is 24.9 Å². The summed E-state index contributed by atoms with van der Waals surface area (Å²) in [7, 11) is 0. The number of rotatable bonds is 4. The smallest absolute Gasteiger partial charge is 0.0959 e. The zero-order chi connectivity index (χ0) is 11.0. The van der Waals surface area contributed by atoms with Crippen molar-refractivity contribution in [2.75, 3.05) is 0 Å². The van der Waals surface area contributed by atoms with Crippen molar-refractivity contribution in [3.63, 3.8) is 0 Å². The first-order valence-electron chi connectivity index (χ1n) is 6.45.